The molecule has 0 amide bonds. The summed E-state index contributed by atoms with van der Waals surface area (Å²) >= 11 is 0. The molecule has 10 heteroatoms. The summed E-state index contributed by atoms with van der Waals surface area (Å²) in [6.07, 6.45) is 57.7. The summed E-state index contributed by atoms with van der Waals surface area (Å²) in [7, 11) is -4.38. The highest BCUT2D eigenvalue weighted by Crippen LogP contribution is 2.43. The van der Waals surface area contributed by atoms with Crippen LogP contribution in [0.2, 0.25) is 0 Å². The Balaban J connectivity index is 3.91. The lowest BCUT2D eigenvalue weighted by Gasteiger charge is -2.19. The van der Waals surface area contributed by atoms with E-state index in [4.69, 9.17) is 24.3 Å². The van der Waals surface area contributed by atoms with Crippen molar-refractivity contribution < 1.29 is 37.6 Å². The zero-order valence-corrected chi connectivity index (χ0v) is 42.0. The van der Waals surface area contributed by atoms with Gasteiger partial charge in [-0.1, -0.05) is 211 Å². The van der Waals surface area contributed by atoms with E-state index in [2.05, 4.69) is 50.3 Å². The molecule has 0 bridgehead atoms. The monoisotopic (exact) mass is 910 g/mol. The number of nitrogens with two attached hydrogens (primary N) is 1. The number of esters is 2. The summed E-state index contributed by atoms with van der Waals surface area (Å²) in [4.78, 5) is 35.0. The van der Waals surface area contributed by atoms with Gasteiger partial charge in [-0.05, 0) is 70.6 Å². The van der Waals surface area contributed by atoms with E-state index < -0.39 is 26.5 Å². The van der Waals surface area contributed by atoms with Gasteiger partial charge >= 0.3 is 19.8 Å². The third kappa shape index (κ3) is 49.5. The number of phosphoric acid groups is 1. The quantitative estimate of drug-likeness (QED) is 0.0265. The van der Waals surface area contributed by atoms with Crippen LogP contribution >= 0.6 is 7.82 Å². The average Bonchev–Trinajstić information content (AvgIpc) is 3.27. The van der Waals surface area contributed by atoms with Gasteiger partial charge in [0.05, 0.1) is 13.2 Å². The molecule has 3 N–H and O–H groups in total. The SMILES string of the molecule is CCCCCC/C=C\CCCCCCCC(=O)OCC(COP(=O)(O)OCCN)OC(=O)CCCCCCCCCCCCCCCCCCC/C=C\C/C=C\CCCCCCC. The summed E-state index contributed by atoms with van der Waals surface area (Å²) in [5, 5.41) is 0. The van der Waals surface area contributed by atoms with E-state index in [1.807, 2.05) is 0 Å². The summed E-state index contributed by atoms with van der Waals surface area (Å²) in [6, 6.07) is 0. The van der Waals surface area contributed by atoms with Crippen LogP contribution in [0, 0.1) is 0 Å². The fourth-order valence-corrected chi connectivity index (χ4v) is 8.31. The maximum absolute atomic E-state index is 12.7. The van der Waals surface area contributed by atoms with E-state index in [1.165, 1.54) is 167 Å². The number of hydrogen-bond donors (Lipinski definition) is 2. The minimum Gasteiger partial charge on any atom is -0.462 e. The highest BCUT2D eigenvalue weighted by molar-refractivity contribution is 7.47. The summed E-state index contributed by atoms with van der Waals surface area (Å²) in [5.41, 5.74) is 5.36. The van der Waals surface area contributed by atoms with Crippen molar-refractivity contribution in [2.24, 2.45) is 5.73 Å². The van der Waals surface area contributed by atoms with Gasteiger partial charge in [-0.2, -0.15) is 0 Å². The maximum Gasteiger partial charge on any atom is 0.472 e. The van der Waals surface area contributed by atoms with Crippen molar-refractivity contribution in [2.45, 2.75) is 264 Å². The number of allylic oxidation sites excluding steroid dienone is 6. The summed E-state index contributed by atoms with van der Waals surface area (Å²) in [5.74, 6) is -0.829. The van der Waals surface area contributed by atoms with Crippen LogP contribution in [-0.2, 0) is 32.7 Å². The molecule has 0 aromatic rings. The molecule has 0 aliphatic carbocycles. The molecule has 2 atom stereocenters. The van der Waals surface area contributed by atoms with Gasteiger partial charge in [-0.15, -0.1) is 0 Å². The zero-order chi connectivity index (χ0) is 46.0. The van der Waals surface area contributed by atoms with E-state index >= 15 is 0 Å². The van der Waals surface area contributed by atoms with Crippen molar-refractivity contribution in [2.75, 3.05) is 26.4 Å². The lowest BCUT2D eigenvalue weighted by molar-refractivity contribution is -0.161. The Hall–Kier alpha value is -1.77. The van der Waals surface area contributed by atoms with Crippen LogP contribution in [-0.4, -0.2) is 49.3 Å². The molecule has 2 unspecified atom stereocenters. The van der Waals surface area contributed by atoms with Crippen LogP contribution in [0.25, 0.3) is 0 Å². The molecular formula is C53H100NO8P. The highest BCUT2D eigenvalue weighted by Gasteiger charge is 2.26. The first-order chi connectivity index (χ1) is 30.8. The number of carbonyl (C=O) groups is 2. The Labute approximate surface area is 388 Å². The fourth-order valence-electron chi connectivity index (χ4n) is 7.54. The van der Waals surface area contributed by atoms with Crippen molar-refractivity contribution >= 4 is 19.8 Å². The third-order valence-electron chi connectivity index (χ3n) is 11.5. The lowest BCUT2D eigenvalue weighted by atomic mass is 10.0. The molecule has 9 nitrogen and oxygen atoms in total. The molecule has 370 valence electrons. The molecule has 0 fully saturated rings. The molecule has 0 rings (SSSR count). The number of phosphoric ester groups is 1. The van der Waals surface area contributed by atoms with E-state index in [0.717, 1.165) is 57.8 Å². The lowest BCUT2D eigenvalue weighted by Crippen LogP contribution is -2.29. The minimum atomic E-state index is -4.38. The summed E-state index contributed by atoms with van der Waals surface area (Å²) in [6.45, 7) is 3.73. The molecule has 0 aliphatic rings. The predicted molar refractivity (Wildman–Crippen MR) is 266 cm³/mol. The van der Waals surface area contributed by atoms with E-state index in [0.29, 0.717) is 6.42 Å². The van der Waals surface area contributed by atoms with E-state index in [-0.39, 0.29) is 38.6 Å². The van der Waals surface area contributed by atoms with Gasteiger partial charge < -0.3 is 20.1 Å². The molecular weight excluding hydrogens is 810 g/mol. The van der Waals surface area contributed by atoms with Gasteiger partial charge in [0.2, 0.25) is 0 Å². The molecule has 0 aliphatic heterocycles. The van der Waals surface area contributed by atoms with E-state index in [9.17, 15) is 19.0 Å². The van der Waals surface area contributed by atoms with Crippen molar-refractivity contribution in [3.8, 4) is 0 Å². The Morgan fingerprint density at radius 1 is 0.476 bits per heavy atom. The van der Waals surface area contributed by atoms with Crippen LogP contribution in [0.3, 0.4) is 0 Å². The molecule has 0 saturated carbocycles. The first kappa shape index (κ1) is 61.2. The molecule has 0 heterocycles. The Morgan fingerprint density at radius 2 is 0.825 bits per heavy atom. The summed E-state index contributed by atoms with van der Waals surface area (Å²) < 4.78 is 32.9. The van der Waals surface area contributed by atoms with Gasteiger partial charge in [0.15, 0.2) is 6.10 Å². The smallest absolute Gasteiger partial charge is 0.462 e. The largest absolute Gasteiger partial charge is 0.472 e. The van der Waals surface area contributed by atoms with Gasteiger partial charge in [-0.25, -0.2) is 4.57 Å². The second-order valence-corrected chi connectivity index (χ2v) is 19.2. The minimum absolute atomic E-state index is 0.0533. The van der Waals surface area contributed by atoms with Crippen LogP contribution < -0.4 is 5.73 Å². The second-order valence-electron chi connectivity index (χ2n) is 17.7. The molecule has 0 aromatic carbocycles. The van der Waals surface area contributed by atoms with Crippen LogP contribution in [0.15, 0.2) is 36.5 Å². The number of hydrogen-bond acceptors (Lipinski definition) is 8. The van der Waals surface area contributed by atoms with Crippen LogP contribution in [0.4, 0.5) is 0 Å². The number of unbranched alkanes of at least 4 members (excludes halogenated alkanes) is 31. The van der Waals surface area contributed by atoms with Crippen LogP contribution in [0.5, 0.6) is 0 Å². The average molecular weight is 910 g/mol. The molecule has 0 spiro atoms. The Morgan fingerprint density at radius 3 is 1.24 bits per heavy atom. The zero-order valence-electron chi connectivity index (χ0n) is 41.1. The maximum atomic E-state index is 12.7. The van der Waals surface area contributed by atoms with Gasteiger partial charge in [0, 0.05) is 19.4 Å². The second kappa shape index (κ2) is 49.7. The number of rotatable bonds is 50. The first-order valence-electron chi connectivity index (χ1n) is 26.5. The van der Waals surface area contributed by atoms with Gasteiger partial charge in [0.25, 0.3) is 0 Å². The van der Waals surface area contributed by atoms with Crippen molar-refractivity contribution in [1.82, 2.24) is 0 Å². The predicted octanol–water partition coefficient (Wildman–Crippen LogP) is 16.1. The van der Waals surface area contributed by atoms with E-state index in [1.54, 1.807) is 0 Å². The molecule has 0 saturated heterocycles. The Bertz CT molecular complexity index is 1130. The molecule has 0 aromatic heterocycles. The van der Waals surface area contributed by atoms with Crippen molar-refractivity contribution in [3.05, 3.63) is 36.5 Å². The molecule has 0 radical (unpaired) electrons. The molecule has 63 heavy (non-hydrogen) atoms. The van der Waals surface area contributed by atoms with Crippen molar-refractivity contribution in [1.29, 1.82) is 0 Å². The Kier molecular flexibility index (Phi) is 48.3. The number of carbonyl (C=O) groups excluding carboxylic acids is 2. The topological polar surface area (TPSA) is 134 Å². The van der Waals surface area contributed by atoms with Gasteiger partial charge in [-0.3, -0.25) is 18.6 Å². The van der Waals surface area contributed by atoms with Gasteiger partial charge in [0.1, 0.15) is 6.61 Å². The van der Waals surface area contributed by atoms with Crippen molar-refractivity contribution in [3.63, 3.8) is 0 Å². The van der Waals surface area contributed by atoms with Crippen LogP contribution in [0.1, 0.15) is 258 Å². The standard InChI is InChI=1S/C53H100NO8P/c1-3-5-7-9-11-13-15-17-18-19-20-21-22-23-24-25-26-27-28-29-30-31-32-34-36-38-40-42-44-46-53(56)62-51(50-61-63(57,58)60-48-47-54)49-59-52(55)45-43-41-39-37-35-33-16-14-12-10-8-6-4-2/h14-17,19-20,51H,3-13,18,21-50,54H2,1-2H3,(H,57,58)/b16-14-,17-15-,20-19-. The third-order valence-corrected chi connectivity index (χ3v) is 12.5. The fraction of sp³-hybridized carbons (Fsp3) is 0.849. The normalized spacial score (nSPS) is 13.4. The first-order valence-corrected chi connectivity index (χ1v) is 28.0. The number of ether oxygens (including phenoxy) is 2. The highest BCUT2D eigenvalue weighted by atomic mass is 31.2.